The zero-order chi connectivity index (χ0) is 23.9. The smallest absolute Gasteiger partial charge is 0.143 e. The molecule has 2 nitrogen and oxygen atoms in total. The quantitative estimate of drug-likeness (QED) is 0.259. The molecular formula is C34H23NO. The lowest BCUT2D eigenvalue weighted by Crippen LogP contribution is -2.09. The lowest BCUT2D eigenvalue weighted by atomic mass is 9.98. The van der Waals surface area contributed by atoms with Crippen LogP contribution in [0, 0.1) is 0 Å². The van der Waals surface area contributed by atoms with Gasteiger partial charge in [-0.05, 0) is 65.0 Å². The van der Waals surface area contributed by atoms with Crippen LogP contribution < -0.4 is 4.90 Å². The lowest BCUT2D eigenvalue weighted by Gasteiger charge is -2.25. The van der Waals surface area contributed by atoms with E-state index in [-0.39, 0.29) is 0 Å². The van der Waals surface area contributed by atoms with Crippen molar-refractivity contribution in [1.82, 2.24) is 0 Å². The molecule has 36 heavy (non-hydrogen) atoms. The highest BCUT2D eigenvalue weighted by atomic mass is 16.3. The Balaban J connectivity index is 1.37. The van der Waals surface area contributed by atoms with Crippen LogP contribution >= 0.6 is 0 Å². The summed E-state index contributed by atoms with van der Waals surface area (Å²) >= 11 is 0. The normalized spacial score (nSPS) is 11.3. The van der Waals surface area contributed by atoms with Crippen molar-refractivity contribution in [3.63, 3.8) is 0 Å². The number of hydrogen-bond donors (Lipinski definition) is 0. The Labute approximate surface area is 209 Å². The number of anilines is 3. The molecule has 1 aromatic heterocycles. The van der Waals surface area contributed by atoms with Gasteiger partial charge in [0, 0.05) is 33.2 Å². The monoisotopic (exact) mass is 461 g/mol. The molecular weight excluding hydrogens is 438 g/mol. The Morgan fingerprint density at radius 1 is 0.444 bits per heavy atom. The van der Waals surface area contributed by atoms with Crippen LogP contribution in [0.15, 0.2) is 144 Å². The summed E-state index contributed by atoms with van der Waals surface area (Å²) in [5.41, 5.74) is 7.59. The van der Waals surface area contributed by atoms with E-state index in [2.05, 4.69) is 144 Å². The van der Waals surface area contributed by atoms with Gasteiger partial charge >= 0.3 is 0 Å². The second kappa shape index (κ2) is 8.44. The van der Waals surface area contributed by atoms with Gasteiger partial charge in [-0.15, -0.1) is 0 Å². The minimum atomic E-state index is 0.915. The maximum absolute atomic E-state index is 6.40. The fourth-order valence-electron chi connectivity index (χ4n) is 5.19. The molecule has 0 fully saturated rings. The van der Waals surface area contributed by atoms with Gasteiger partial charge in [-0.25, -0.2) is 0 Å². The van der Waals surface area contributed by atoms with Gasteiger partial charge < -0.3 is 9.32 Å². The zero-order valence-electron chi connectivity index (χ0n) is 19.6. The first-order chi connectivity index (χ1) is 17.9. The van der Waals surface area contributed by atoms with Crippen molar-refractivity contribution in [2.75, 3.05) is 4.90 Å². The Kier molecular flexibility index (Phi) is 4.82. The summed E-state index contributed by atoms with van der Waals surface area (Å²) in [6.07, 6.45) is 0. The van der Waals surface area contributed by atoms with E-state index >= 15 is 0 Å². The van der Waals surface area contributed by atoms with E-state index in [1.54, 1.807) is 0 Å². The topological polar surface area (TPSA) is 16.4 Å². The van der Waals surface area contributed by atoms with Gasteiger partial charge in [-0.1, -0.05) is 91.0 Å². The van der Waals surface area contributed by atoms with Gasteiger partial charge in [-0.3, -0.25) is 0 Å². The predicted octanol–water partition coefficient (Wildman–Crippen LogP) is 9.88. The molecule has 0 radical (unpaired) electrons. The van der Waals surface area contributed by atoms with Crippen molar-refractivity contribution >= 4 is 49.8 Å². The van der Waals surface area contributed by atoms with Crippen molar-refractivity contribution in [3.05, 3.63) is 140 Å². The van der Waals surface area contributed by atoms with Crippen molar-refractivity contribution in [2.45, 2.75) is 0 Å². The molecule has 0 unspecified atom stereocenters. The molecule has 0 aliphatic heterocycles. The highest BCUT2D eigenvalue weighted by molar-refractivity contribution is 6.19. The molecule has 6 aromatic carbocycles. The van der Waals surface area contributed by atoms with Gasteiger partial charge in [0.1, 0.15) is 11.2 Å². The number of nitrogens with zero attached hydrogens (tertiary/aromatic N) is 1. The second-order valence-electron chi connectivity index (χ2n) is 9.00. The van der Waals surface area contributed by atoms with Crippen molar-refractivity contribution in [2.24, 2.45) is 0 Å². The molecule has 1 heterocycles. The first-order valence-corrected chi connectivity index (χ1v) is 12.2. The number of furan rings is 1. The third-order valence-corrected chi connectivity index (χ3v) is 6.85. The molecule has 7 aromatic rings. The SMILES string of the molecule is c1ccc(N(c2ccccc2)c2ccc(-c3cccc4oc5c6ccccc6ccc5c34)cc2)cc1. The van der Waals surface area contributed by atoms with E-state index in [1.807, 2.05) is 0 Å². The minimum Gasteiger partial charge on any atom is -0.455 e. The largest absolute Gasteiger partial charge is 0.455 e. The second-order valence-corrected chi connectivity index (χ2v) is 9.00. The highest BCUT2D eigenvalue weighted by Gasteiger charge is 2.16. The van der Waals surface area contributed by atoms with Gasteiger partial charge in [0.05, 0.1) is 0 Å². The van der Waals surface area contributed by atoms with E-state index in [9.17, 15) is 0 Å². The summed E-state index contributed by atoms with van der Waals surface area (Å²) in [5.74, 6) is 0. The van der Waals surface area contributed by atoms with E-state index < -0.39 is 0 Å². The van der Waals surface area contributed by atoms with Crippen LogP contribution in [-0.4, -0.2) is 0 Å². The van der Waals surface area contributed by atoms with Crippen LogP contribution in [0.5, 0.6) is 0 Å². The molecule has 0 saturated carbocycles. The van der Waals surface area contributed by atoms with Crippen molar-refractivity contribution in [1.29, 1.82) is 0 Å². The summed E-state index contributed by atoms with van der Waals surface area (Å²) in [7, 11) is 0. The van der Waals surface area contributed by atoms with Crippen LogP contribution in [0.4, 0.5) is 17.1 Å². The van der Waals surface area contributed by atoms with Crippen LogP contribution in [0.25, 0.3) is 43.8 Å². The summed E-state index contributed by atoms with van der Waals surface area (Å²) < 4.78 is 6.40. The summed E-state index contributed by atoms with van der Waals surface area (Å²) in [5, 5.41) is 4.65. The standard InChI is InChI=1S/C34H23NO/c1-3-11-26(12-4-1)35(27-13-5-2-6-14-27)28-21-18-25(19-22-28)29-16-9-17-32-33(29)31-23-20-24-10-7-8-15-30(24)34(31)36-32/h1-23H. The molecule has 0 bridgehead atoms. The highest BCUT2D eigenvalue weighted by Crippen LogP contribution is 2.40. The molecule has 0 amide bonds. The van der Waals surface area contributed by atoms with E-state index in [1.165, 1.54) is 16.5 Å². The molecule has 0 spiro atoms. The summed E-state index contributed by atoms with van der Waals surface area (Å²) in [6, 6.07) is 48.9. The maximum atomic E-state index is 6.40. The van der Waals surface area contributed by atoms with E-state index in [0.717, 1.165) is 44.4 Å². The first kappa shape index (κ1) is 20.5. The van der Waals surface area contributed by atoms with Gasteiger partial charge in [-0.2, -0.15) is 0 Å². The van der Waals surface area contributed by atoms with E-state index in [4.69, 9.17) is 4.42 Å². The molecule has 0 N–H and O–H groups in total. The minimum absolute atomic E-state index is 0.915. The predicted molar refractivity (Wildman–Crippen MR) is 151 cm³/mol. The average molecular weight is 462 g/mol. The summed E-state index contributed by atoms with van der Waals surface area (Å²) in [4.78, 5) is 2.28. The first-order valence-electron chi connectivity index (χ1n) is 12.2. The number of fused-ring (bicyclic) bond motifs is 5. The van der Waals surface area contributed by atoms with Crippen LogP contribution in [0.3, 0.4) is 0 Å². The van der Waals surface area contributed by atoms with Gasteiger partial charge in [0.25, 0.3) is 0 Å². The third kappa shape index (κ3) is 3.35. The molecule has 0 aliphatic rings. The third-order valence-electron chi connectivity index (χ3n) is 6.85. The number of para-hydroxylation sites is 2. The fourth-order valence-corrected chi connectivity index (χ4v) is 5.19. The zero-order valence-corrected chi connectivity index (χ0v) is 19.6. The number of rotatable bonds is 4. The molecule has 0 saturated heterocycles. The molecule has 0 aliphatic carbocycles. The molecule has 170 valence electrons. The van der Waals surface area contributed by atoms with Crippen molar-refractivity contribution < 1.29 is 4.42 Å². The Bertz CT molecular complexity index is 1780. The molecule has 7 rings (SSSR count). The Morgan fingerprint density at radius 3 is 1.81 bits per heavy atom. The van der Waals surface area contributed by atoms with Crippen molar-refractivity contribution in [3.8, 4) is 11.1 Å². The van der Waals surface area contributed by atoms with Crippen LogP contribution in [-0.2, 0) is 0 Å². The molecule has 0 atom stereocenters. The number of hydrogen-bond acceptors (Lipinski definition) is 2. The van der Waals surface area contributed by atoms with Gasteiger partial charge in [0.15, 0.2) is 0 Å². The lowest BCUT2D eigenvalue weighted by molar-refractivity contribution is 0.673. The molecule has 2 heteroatoms. The summed E-state index contributed by atoms with van der Waals surface area (Å²) in [6.45, 7) is 0. The Hall–Kier alpha value is -4.82. The van der Waals surface area contributed by atoms with Crippen LogP contribution in [0.2, 0.25) is 0 Å². The number of benzene rings is 6. The van der Waals surface area contributed by atoms with Crippen LogP contribution in [0.1, 0.15) is 0 Å². The average Bonchev–Trinajstić information content (AvgIpc) is 3.34. The van der Waals surface area contributed by atoms with E-state index in [0.29, 0.717) is 0 Å². The maximum Gasteiger partial charge on any atom is 0.143 e. The fraction of sp³-hybridized carbons (Fsp3) is 0. The van der Waals surface area contributed by atoms with Gasteiger partial charge in [0.2, 0.25) is 0 Å². The Morgan fingerprint density at radius 2 is 1.08 bits per heavy atom.